The number of nitrogens with one attached hydrogen (secondary N) is 1. The zero-order chi connectivity index (χ0) is 26.4. The Morgan fingerprint density at radius 3 is 2.68 bits per heavy atom. The lowest BCUT2D eigenvalue weighted by molar-refractivity contribution is -0.143. The van der Waals surface area contributed by atoms with Crippen molar-refractivity contribution in [2.75, 3.05) is 32.5 Å². The lowest BCUT2D eigenvalue weighted by Crippen LogP contribution is -2.48. The number of hydrogen-bond acceptors (Lipinski definition) is 7. The summed E-state index contributed by atoms with van der Waals surface area (Å²) in [5, 5.41) is 22.5. The van der Waals surface area contributed by atoms with Gasteiger partial charge in [0.25, 0.3) is 0 Å². The number of nitrogens with zero attached hydrogens (tertiary/aromatic N) is 2. The molecule has 0 radical (unpaired) electrons. The lowest BCUT2D eigenvalue weighted by atomic mass is 9.73. The summed E-state index contributed by atoms with van der Waals surface area (Å²) in [6.07, 6.45) is 2.52. The molecular weight excluding hydrogens is 533 g/mol. The summed E-state index contributed by atoms with van der Waals surface area (Å²) in [7, 11) is 1.58. The van der Waals surface area contributed by atoms with Gasteiger partial charge in [-0.05, 0) is 69.1 Å². The number of rotatable bonds is 10. The van der Waals surface area contributed by atoms with Crippen molar-refractivity contribution in [1.82, 2.24) is 15.4 Å². The van der Waals surface area contributed by atoms with Crippen molar-refractivity contribution in [2.24, 2.45) is 5.41 Å². The van der Waals surface area contributed by atoms with E-state index >= 15 is 0 Å². The number of aromatic nitrogens is 1. The number of hydrogen-bond donors (Lipinski definition) is 3. The predicted molar refractivity (Wildman–Crippen MR) is 148 cm³/mol. The van der Waals surface area contributed by atoms with Crippen molar-refractivity contribution in [1.29, 1.82) is 0 Å². The van der Waals surface area contributed by atoms with E-state index in [1.165, 1.54) is 6.20 Å². The van der Waals surface area contributed by atoms with Gasteiger partial charge < -0.3 is 14.7 Å². The molecule has 10 heteroatoms. The Morgan fingerprint density at radius 2 is 1.97 bits per heavy atom. The number of methoxy groups -OCH3 is 1. The van der Waals surface area contributed by atoms with Crippen LogP contribution in [0, 0.1) is 5.41 Å². The van der Waals surface area contributed by atoms with Gasteiger partial charge in [-0.1, -0.05) is 35.3 Å². The maximum Gasteiger partial charge on any atom is 0.249 e. The van der Waals surface area contributed by atoms with Gasteiger partial charge in [0.1, 0.15) is 5.75 Å². The van der Waals surface area contributed by atoms with Gasteiger partial charge in [0.2, 0.25) is 5.91 Å². The minimum atomic E-state index is -0.904. The zero-order valence-corrected chi connectivity index (χ0v) is 23.0. The summed E-state index contributed by atoms with van der Waals surface area (Å²) in [6, 6.07) is 13.2. The number of halogens is 2. The maximum absolute atomic E-state index is 12.8. The van der Waals surface area contributed by atoms with Gasteiger partial charge in [-0.15, -0.1) is 11.8 Å². The number of hydroxylamine groups is 1. The monoisotopic (exact) mass is 563 g/mol. The predicted octanol–water partition coefficient (Wildman–Crippen LogP) is 5.74. The van der Waals surface area contributed by atoms with Crippen LogP contribution in [-0.4, -0.2) is 58.6 Å². The molecule has 0 aliphatic carbocycles. The molecule has 1 aromatic heterocycles. The molecule has 4 rings (SSSR count). The van der Waals surface area contributed by atoms with Crippen LogP contribution in [0.3, 0.4) is 0 Å². The number of aliphatic hydroxyl groups excluding tert-OH is 1. The fourth-order valence-electron chi connectivity index (χ4n) is 4.95. The van der Waals surface area contributed by atoms with Crippen LogP contribution >= 0.6 is 35.0 Å². The fraction of sp³-hybridized carbons (Fsp3) is 0.407. The molecule has 1 saturated heterocycles. The number of pyridine rings is 1. The molecule has 0 saturated carbocycles. The van der Waals surface area contributed by atoms with Crippen molar-refractivity contribution in [3.05, 3.63) is 64.3 Å². The van der Waals surface area contributed by atoms with Crippen molar-refractivity contribution < 1.29 is 19.8 Å². The van der Waals surface area contributed by atoms with Crippen molar-refractivity contribution >= 4 is 51.8 Å². The summed E-state index contributed by atoms with van der Waals surface area (Å²) >= 11 is 14.4. The Kier molecular flexibility index (Phi) is 9.56. The largest absolute Gasteiger partial charge is 0.497 e. The van der Waals surface area contributed by atoms with Crippen molar-refractivity contribution in [2.45, 2.75) is 36.7 Å². The van der Waals surface area contributed by atoms with E-state index in [0.29, 0.717) is 52.9 Å². The van der Waals surface area contributed by atoms with E-state index in [4.69, 9.17) is 27.9 Å². The van der Waals surface area contributed by atoms with E-state index in [9.17, 15) is 15.1 Å². The Labute approximate surface area is 231 Å². The van der Waals surface area contributed by atoms with Gasteiger partial charge in [-0.25, -0.2) is 5.48 Å². The molecule has 0 unspecified atom stereocenters. The highest BCUT2D eigenvalue weighted by atomic mass is 35.5. The van der Waals surface area contributed by atoms with Gasteiger partial charge in [-0.3, -0.25) is 15.0 Å². The molecule has 0 spiro atoms. The second-order valence-electron chi connectivity index (χ2n) is 9.30. The van der Waals surface area contributed by atoms with Crippen LogP contribution in [0.15, 0.2) is 53.6 Å². The number of aliphatic hydroxyl groups is 1. The highest BCUT2D eigenvalue weighted by Crippen LogP contribution is 2.41. The number of thioether (sulfide) groups is 1. The minimum Gasteiger partial charge on any atom is -0.497 e. The van der Waals surface area contributed by atoms with Gasteiger partial charge in [0, 0.05) is 34.3 Å². The fourth-order valence-corrected chi connectivity index (χ4v) is 6.48. The Morgan fingerprint density at radius 1 is 1.22 bits per heavy atom. The van der Waals surface area contributed by atoms with E-state index in [-0.39, 0.29) is 0 Å². The average Bonchev–Trinajstić information content (AvgIpc) is 2.92. The first-order valence-corrected chi connectivity index (χ1v) is 14.0. The molecule has 1 aliphatic heterocycles. The van der Waals surface area contributed by atoms with E-state index in [0.717, 1.165) is 35.3 Å². The number of ether oxygens (including phenoxy) is 1. The zero-order valence-electron chi connectivity index (χ0n) is 20.6. The minimum absolute atomic E-state index is 0.311. The highest BCUT2D eigenvalue weighted by Gasteiger charge is 2.41. The smallest absolute Gasteiger partial charge is 0.249 e. The van der Waals surface area contributed by atoms with Gasteiger partial charge in [0.15, 0.2) is 0 Å². The first-order chi connectivity index (χ1) is 17.9. The number of benzene rings is 2. The standard InChI is InChI=1S/C27H31Cl2N3O4S/c1-36-18-6-7-22-19(16-18)25(21(29)17-30-22)23(33)8-9-27(26(34)31-35)10-12-32(13-11-27)14-15-37-24-5-3-2-4-20(24)28/h2-7,16-17,23,33,35H,8-15H2,1H3,(H,31,34)/t23-/m1/s1. The van der Waals surface area contributed by atoms with Gasteiger partial charge in [-0.2, -0.15) is 0 Å². The summed E-state index contributed by atoms with van der Waals surface area (Å²) in [5.41, 5.74) is 2.37. The van der Waals surface area contributed by atoms with Crippen LogP contribution in [0.4, 0.5) is 0 Å². The summed E-state index contributed by atoms with van der Waals surface area (Å²) in [4.78, 5) is 20.5. The lowest BCUT2D eigenvalue weighted by Gasteiger charge is -2.40. The van der Waals surface area contributed by atoms with Crippen molar-refractivity contribution in [3.63, 3.8) is 0 Å². The normalized spacial score (nSPS) is 16.5. The van der Waals surface area contributed by atoms with Crippen LogP contribution < -0.4 is 10.2 Å². The average molecular weight is 565 g/mol. The molecule has 2 heterocycles. The SMILES string of the molecule is COc1ccc2ncc(Cl)c([C@H](O)CCC3(C(=O)NO)CCN(CCSc4ccccc4Cl)CC3)c2c1. The first kappa shape index (κ1) is 28.0. The Balaban J connectivity index is 1.40. The molecule has 7 nitrogen and oxygen atoms in total. The number of carbonyl (C=O) groups is 1. The molecule has 198 valence electrons. The number of amides is 1. The number of carbonyl (C=O) groups excluding carboxylic acids is 1. The van der Waals surface area contributed by atoms with Crippen LogP contribution in [0.2, 0.25) is 10.0 Å². The quantitative estimate of drug-likeness (QED) is 0.164. The third-order valence-electron chi connectivity index (χ3n) is 7.20. The molecule has 1 atom stereocenters. The summed E-state index contributed by atoms with van der Waals surface area (Å²) in [5.74, 6) is 1.12. The van der Waals surface area contributed by atoms with Crippen LogP contribution in [0.5, 0.6) is 5.75 Å². The van der Waals surface area contributed by atoms with E-state index in [2.05, 4.69) is 9.88 Å². The maximum atomic E-state index is 12.8. The Bertz CT molecular complexity index is 1240. The molecule has 0 bridgehead atoms. The number of fused-ring (bicyclic) bond motifs is 1. The van der Waals surface area contributed by atoms with E-state index in [1.54, 1.807) is 24.9 Å². The molecular formula is C27H31Cl2N3O4S. The summed E-state index contributed by atoms with van der Waals surface area (Å²) < 4.78 is 5.34. The molecule has 2 aromatic carbocycles. The highest BCUT2D eigenvalue weighted by molar-refractivity contribution is 7.99. The molecule has 1 aliphatic rings. The number of piperidine rings is 1. The molecule has 3 N–H and O–H groups in total. The van der Waals surface area contributed by atoms with Gasteiger partial charge in [0.05, 0.1) is 34.2 Å². The topological polar surface area (TPSA) is 94.9 Å². The third-order valence-corrected chi connectivity index (χ3v) is 8.99. The second-order valence-corrected chi connectivity index (χ2v) is 11.3. The van der Waals surface area contributed by atoms with E-state index < -0.39 is 17.4 Å². The molecule has 37 heavy (non-hydrogen) atoms. The summed E-state index contributed by atoms with van der Waals surface area (Å²) in [6.45, 7) is 2.32. The molecule has 1 amide bonds. The van der Waals surface area contributed by atoms with Crippen LogP contribution in [0.1, 0.15) is 37.4 Å². The molecule has 3 aromatic rings. The van der Waals surface area contributed by atoms with Crippen LogP contribution in [-0.2, 0) is 4.79 Å². The van der Waals surface area contributed by atoms with Crippen LogP contribution in [0.25, 0.3) is 10.9 Å². The number of likely N-dealkylation sites (tertiary alicyclic amines) is 1. The molecule has 1 fully saturated rings. The van der Waals surface area contributed by atoms with Gasteiger partial charge >= 0.3 is 0 Å². The third kappa shape index (κ3) is 6.50. The van der Waals surface area contributed by atoms with E-state index in [1.807, 2.05) is 41.9 Å². The Hall–Kier alpha value is -2.07. The second kappa shape index (κ2) is 12.7. The first-order valence-electron chi connectivity index (χ1n) is 12.2. The van der Waals surface area contributed by atoms with Crippen molar-refractivity contribution in [3.8, 4) is 5.75 Å².